The minimum absolute atomic E-state index is 0.0612. The van der Waals surface area contributed by atoms with Crippen molar-refractivity contribution in [2.45, 2.75) is 72.0 Å². The quantitative estimate of drug-likeness (QED) is 0.428. The standard InChI is InChI=1S/C27H38FN3O4S/c1-6-21-12-16-24(17-13-21)31(36(5,34)35)18-8-9-26(32)30(19-22-10-14-23(28)15-11-22)25(7-2)27(33)29-20(3)4/h10-17,20,25H,6-9,18-19H2,1-5H3,(H,29,33). The Morgan fingerprint density at radius 3 is 2.06 bits per heavy atom. The Balaban J connectivity index is 2.20. The fraction of sp³-hybridized carbons (Fsp3) is 0.481. The molecule has 2 rings (SSSR count). The Morgan fingerprint density at radius 1 is 0.972 bits per heavy atom. The number of aryl methyl sites for hydroxylation is 1. The molecule has 36 heavy (non-hydrogen) atoms. The van der Waals surface area contributed by atoms with Crippen molar-refractivity contribution in [2.75, 3.05) is 17.1 Å². The molecule has 0 aliphatic rings. The van der Waals surface area contributed by atoms with Crippen LogP contribution in [-0.4, -0.2) is 50.0 Å². The second-order valence-electron chi connectivity index (χ2n) is 9.19. The fourth-order valence-electron chi connectivity index (χ4n) is 3.99. The van der Waals surface area contributed by atoms with Crippen LogP contribution < -0.4 is 9.62 Å². The molecule has 0 aliphatic heterocycles. The first kappa shape index (κ1) is 29.3. The van der Waals surface area contributed by atoms with Crippen LogP contribution in [-0.2, 0) is 32.6 Å². The molecule has 198 valence electrons. The van der Waals surface area contributed by atoms with Crippen molar-refractivity contribution >= 4 is 27.5 Å². The van der Waals surface area contributed by atoms with E-state index in [-0.39, 0.29) is 49.6 Å². The highest BCUT2D eigenvalue weighted by atomic mass is 32.2. The third-order valence-electron chi connectivity index (χ3n) is 5.87. The van der Waals surface area contributed by atoms with Gasteiger partial charge in [-0.05, 0) is 68.5 Å². The normalized spacial score (nSPS) is 12.3. The van der Waals surface area contributed by atoms with E-state index in [1.165, 1.54) is 21.3 Å². The van der Waals surface area contributed by atoms with Gasteiger partial charge < -0.3 is 10.2 Å². The summed E-state index contributed by atoms with van der Waals surface area (Å²) < 4.78 is 39.6. The van der Waals surface area contributed by atoms with E-state index >= 15 is 0 Å². The van der Waals surface area contributed by atoms with Crippen molar-refractivity contribution in [2.24, 2.45) is 0 Å². The molecule has 7 nitrogen and oxygen atoms in total. The van der Waals surface area contributed by atoms with Crippen molar-refractivity contribution < 1.29 is 22.4 Å². The molecule has 1 N–H and O–H groups in total. The lowest BCUT2D eigenvalue weighted by molar-refractivity contribution is -0.141. The Bertz CT molecular complexity index is 1100. The molecule has 1 unspecified atom stereocenters. The van der Waals surface area contributed by atoms with Gasteiger partial charge in [-0.2, -0.15) is 0 Å². The zero-order chi connectivity index (χ0) is 26.9. The molecule has 0 heterocycles. The fourth-order valence-corrected chi connectivity index (χ4v) is 4.95. The van der Waals surface area contributed by atoms with Gasteiger partial charge in [-0.3, -0.25) is 13.9 Å². The van der Waals surface area contributed by atoms with E-state index in [1.54, 1.807) is 24.3 Å². The topological polar surface area (TPSA) is 86.8 Å². The second kappa shape index (κ2) is 13.4. The summed E-state index contributed by atoms with van der Waals surface area (Å²) in [6.45, 7) is 7.85. The van der Waals surface area contributed by atoms with E-state index in [0.717, 1.165) is 18.2 Å². The van der Waals surface area contributed by atoms with Gasteiger partial charge >= 0.3 is 0 Å². The predicted octanol–water partition coefficient (Wildman–Crippen LogP) is 4.27. The van der Waals surface area contributed by atoms with Crippen LogP contribution in [0.25, 0.3) is 0 Å². The lowest BCUT2D eigenvalue weighted by Gasteiger charge is -2.31. The van der Waals surface area contributed by atoms with Crippen molar-refractivity contribution in [1.82, 2.24) is 10.2 Å². The maximum atomic E-state index is 13.4. The third-order valence-corrected chi connectivity index (χ3v) is 7.06. The molecule has 0 spiro atoms. The van der Waals surface area contributed by atoms with Crippen molar-refractivity contribution in [3.8, 4) is 0 Å². The highest BCUT2D eigenvalue weighted by Crippen LogP contribution is 2.20. The molecule has 0 aliphatic carbocycles. The van der Waals surface area contributed by atoms with E-state index in [0.29, 0.717) is 17.7 Å². The van der Waals surface area contributed by atoms with Crippen LogP contribution in [0.3, 0.4) is 0 Å². The maximum absolute atomic E-state index is 13.4. The lowest BCUT2D eigenvalue weighted by Crippen LogP contribution is -2.50. The average Bonchev–Trinajstić information content (AvgIpc) is 2.81. The van der Waals surface area contributed by atoms with Gasteiger partial charge in [-0.1, -0.05) is 38.1 Å². The minimum Gasteiger partial charge on any atom is -0.352 e. The van der Waals surface area contributed by atoms with Gasteiger partial charge in [0.1, 0.15) is 11.9 Å². The summed E-state index contributed by atoms with van der Waals surface area (Å²) in [5.41, 5.74) is 2.35. The van der Waals surface area contributed by atoms with Crippen LogP contribution in [0.5, 0.6) is 0 Å². The average molecular weight is 520 g/mol. The van der Waals surface area contributed by atoms with Gasteiger partial charge in [-0.15, -0.1) is 0 Å². The number of anilines is 1. The molecule has 0 fully saturated rings. The second-order valence-corrected chi connectivity index (χ2v) is 11.1. The molecule has 9 heteroatoms. The van der Waals surface area contributed by atoms with E-state index < -0.39 is 16.1 Å². The summed E-state index contributed by atoms with van der Waals surface area (Å²) in [5, 5.41) is 2.87. The van der Waals surface area contributed by atoms with Gasteiger partial charge in [0.2, 0.25) is 21.8 Å². The lowest BCUT2D eigenvalue weighted by atomic mass is 10.1. The number of halogens is 1. The Morgan fingerprint density at radius 2 is 1.56 bits per heavy atom. The summed E-state index contributed by atoms with van der Waals surface area (Å²) >= 11 is 0. The number of rotatable bonds is 13. The van der Waals surface area contributed by atoms with Crippen LogP contribution in [0.1, 0.15) is 58.1 Å². The zero-order valence-electron chi connectivity index (χ0n) is 21.8. The smallest absolute Gasteiger partial charge is 0.243 e. The number of nitrogens with one attached hydrogen (secondary N) is 1. The van der Waals surface area contributed by atoms with Crippen LogP contribution in [0, 0.1) is 5.82 Å². The largest absolute Gasteiger partial charge is 0.352 e. The molecule has 0 saturated heterocycles. The molecule has 2 aromatic rings. The SMILES string of the molecule is CCc1ccc(N(CCCC(=O)N(Cc2ccc(F)cc2)C(CC)C(=O)NC(C)C)S(C)(=O)=O)cc1. The van der Waals surface area contributed by atoms with Crippen LogP contribution in [0.4, 0.5) is 10.1 Å². The van der Waals surface area contributed by atoms with Crippen LogP contribution in [0.15, 0.2) is 48.5 Å². The first-order valence-electron chi connectivity index (χ1n) is 12.4. The summed E-state index contributed by atoms with van der Waals surface area (Å²) in [7, 11) is -3.55. The van der Waals surface area contributed by atoms with Gasteiger partial charge in [0.05, 0.1) is 11.9 Å². The Hall–Kier alpha value is -2.94. The predicted molar refractivity (Wildman–Crippen MR) is 142 cm³/mol. The molecule has 2 amide bonds. The van der Waals surface area contributed by atoms with Gasteiger partial charge in [-0.25, -0.2) is 12.8 Å². The molecule has 0 aromatic heterocycles. The summed E-state index contributed by atoms with van der Waals surface area (Å²) in [6.07, 6.45) is 2.74. The molecular formula is C27H38FN3O4S. The molecule has 0 bridgehead atoms. The monoisotopic (exact) mass is 519 g/mol. The maximum Gasteiger partial charge on any atom is 0.243 e. The van der Waals surface area contributed by atoms with Crippen molar-refractivity contribution in [1.29, 1.82) is 0 Å². The Labute approximate surface area is 214 Å². The molecule has 0 saturated carbocycles. The molecule has 2 aromatic carbocycles. The van der Waals surface area contributed by atoms with Crippen LogP contribution in [0.2, 0.25) is 0 Å². The first-order chi connectivity index (χ1) is 17.0. The van der Waals surface area contributed by atoms with E-state index in [1.807, 2.05) is 39.8 Å². The first-order valence-corrected chi connectivity index (χ1v) is 14.2. The molecule has 0 radical (unpaired) electrons. The zero-order valence-corrected chi connectivity index (χ0v) is 22.6. The van der Waals surface area contributed by atoms with Crippen LogP contribution >= 0.6 is 0 Å². The summed E-state index contributed by atoms with van der Waals surface area (Å²) in [6, 6.07) is 12.4. The summed E-state index contributed by atoms with van der Waals surface area (Å²) in [5.74, 6) is -0.898. The number of hydrogen-bond donors (Lipinski definition) is 1. The van der Waals surface area contributed by atoms with E-state index in [2.05, 4.69) is 5.32 Å². The number of benzene rings is 2. The highest BCUT2D eigenvalue weighted by molar-refractivity contribution is 7.92. The third kappa shape index (κ3) is 8.62. The molecule has 1 atom stereocenters. The Kier molecular flexibility index (Phi) is 10.9. The van der Waals surface area contributed by atoms with Crippen molar-refractivity contribution in [3.63, 3.8) is 0 Å². The highest BCUT2D eigenvalue weighted by Gasteiger charge is 2.29. The van der Waals surface area contributed by atoms with E-state index in [4.69, 9.17) is 0 Å². The molecular weight excluding hydrogens is 481 g/mol. The van der Waals surface area contributed by atoms with E-state index in [9.17, 15) is 22.4 Å². The number of carbonyl (C=O) groups excluding carboxylic acids is 2. The van der Waals surface area contributed by atoms with Gasteiger partial charge in [0, 0.05) is 25.6 Å². The van der Waals surface area contributed by atoms with Gasteiger partial charge in [0.25, 0.3) is 0 Å². The number of hydrogen-bond acceptors (Lipinski definition) is 4. The number of sulfonamides is 1. The van der Waals surface area contributed by atoms with Gasteiger partial charge in [0.15, 0.2) is 0 Å². The van der Waals surface area contributed by atoms with Crippen molar-refractivity contribution in [3.05, 3.63) is 65.5 Å². The number of carbonyl (C=O) groups is 2. The minimum atomic E-state index is -3.55. The number of nitrogens with zero attached hydrogens (tertiary/aromatic N) is 2. The number of amides is 2. The summed E-state index contributed by atoms with van der Waals surface area (Å²) in [4.78, 5) is 27.7.